The molecule has 0 bridgehead atoms. The number of nitrogens with zero attached hydrogens (tertiary/aromatic N) is 3. The van der Waals surface area contributed by atoms with Gasteiger partial charge in [-0.3, -0.25) is 14.2 Å². The number of hydrogen-bond donors (Lipinski definition) is 0. The molecule has 1 atom stereocenters. The topological polar surface area (TPSA) is 55.2 Å². The third kappa shape index (κ3) is 3.46. The van der Waals surface area contributed by atoms with E-state index >= 15 is 0 Å². The van der Waals surface area contributed by atoms with E-state index in [0.717, 1.165) is 6.42 Å². The second kappa shape index (κ2) is 7.34. The quantitative estimate of drug-likeness (QED) is 0.829. The lowest BCUT2D eigenvalue weighted by molar-refractivity contribution is -0.136. The van der Waals surface area contributed by atoms with Crippen LogP contribution < -0.4 is 5.56 Å². The summed E-state index contributed by atoms with van der Waals surface area (Å²) in [6, 6.07) is 4.80. The smallest absolute Gasteiger partial charge is 0.261 e. The van der Waals surface area contributed by atoms with Crippen LogP contribution in [0.5, 0.6) is 0 Å². The van der Waals surface area contributed by atoms with Gasteiger partial charge in [0.2, 0.25) is 5.91 Å². The molecule has 1 unspecified atom stereocenters. The fourth-order valence-electron chi connectivity index (χ4n) is 2.84. The molecule has 0 saturated carbocycles. The van der Waals surface area contributed by atoms with E-state index in [1.807, 2.05) is 27.7 Å². The van der Waals surface area contributed by atoms with E-state index in [2.05, 4.69) is 4.98 Å². The largest absolute Gasteiger partial charge is 0.333 e. The molecular formula is C18H24ClN3O2. The number of hydrogen-bond acceptors (Lipinski definition) is 3. The molecule has 0 aliphatic rings. The SMILES string of the molecule is CCCN(C(=O)C(C)C)C(C)c1nc2ccc(Cl)cc2c(=O)n1C. The zero-order chi connectivity index (χ0) is 18.0. The van der Waals surface area contributed by atoms with Gasteiger partial charge in [0.25, 0.3) is 5.56 Å². The average molecular weight is 350 g/mol. The number of halogens is 1. The van der Waals surface area contributed by atoms with Crippen LogP contribution in [0.4, 0.5) is 0 Å². The van der Waals surface area contributed by atoms with Gasteiger partial charge in [0, 0.05) is 24.5 Å². The second-order valence-electron chi connectivity index (χ2n) is 6.36. The Morgan fingerprint density at radius 1 is 1.33 bits per heavy atom. The summed E-state index contributed by atoms with van der Waals surface area (Å²) in [6.45, 7) is 8.34. The zero-order valence-electron chi connectivity index (χ0n) is 14.8. The molecule has 1 aromatic heterocycles. The predicted octanol–water partition coefficient (Wildman–Crippen LogP) is 3.54. The van der Waals surface area contributed by atoms with E-state index in [0.29, 0.717) is 28.3 Å². The van der Waals surface area contributed by atoms with Gasteiger partial charge in [0.1, 0.15) is 5.82 Å². The number of fused-ring (bicyclic) bond motifs is 1. The van der Waals surface area contributed by atoms with E-state index < -0.39 is 0 Å². The van der Waals surface area contributed by atoms with Crippen LogP contribution >= 0.6 is 11.6 Å². The highest BCUT2D eigenvalue weighted by molar-refractivity contribution is 6.31. The number of aromatic nitrogens is 2. The molecule has 130 valence electrons. The predicted molar refractivity (Wildman–Crippen MR) is 97.3 cm³/mol. The van der Waals surface area contributed by atoms with Crippen LogP contribution in [-0.2, 0) is 11.8 Å². The lowest BCUT2D eigenvalue weighted by Gasteiger charge is -2.31. The van der Waals surface area contributed by atoms with Gasteiger partial charge >= 0.3 is 0 Å². The first-order valence-corrected chi connectivity index (χ1v) is 8.62. The maximum atomic E-state index is 12.7. The highest BCUT2D eigenvalue weighted by Crippen LogP contribution is 2.22. The molecule has 0 aliphatic carbocycles. The van der Waals surface area contributed by atoms with Gasteiger partial charge in [0.05, 0.1) is 16.9 Å². The summed E-state index contributed by atoms with van der Waals surface area (Å²) in [5.74, 6) is 0.544. The maximum Gasteiger partial charge on any atom is 0.261 e. The molecule has 24 heavy (non-hydrogen) atoms. The van der Waals surface area contributed by atoms with E-state index in [1.54, 1.807) is 30.1 Å². The molecule has 0 spiro atoms. The Kier molecular flexibility index (Phi) is 5.65. The summed E-state index contributed by atoms with van der Waals surface area (Å²) in [5.41, 5.74) is 0.440. The average Bonchev–Trinajstić information content (AvgIpc) is 2.55. The molecule has 1 aromatic carbocycles. The van der Waals surface area contributed by atoms with E-state index in [4.69, 9.17) is 11.6 Å². The Morgan fingerprint density at radius 3 is 2.58 bits per heavy atom. The normalized spacial score (nSPS) is 12.6. The monoisotopic (exact) mass is 349 g/mol. The number of carbonyl (C=O) groups is 1. The Hall–Kier alpha value is -1.88. The van der Waals surface area contributed by atoms with Gasteiger partial charge in [-0.05, 0) is 31.5 Å². The minimum absolute atomic E-state index is 0.0646. The summed E-state index contributed by atoms with van der Waals surface area (Å²) >= 11 is 5.98. The second-order valence-corrected chi connectivity index (χ2v) is 6.79. The van der Waals surface area contributed by atoms with Gasteiger partial charge in [-0.1, -0.05) is 32.4 Å². The van der Waals surface area contributed by atoms with Crippen molar-refractivity contribution >= 4 is 28.4 Å². The first-order valence-electron chi connectivity index (χ1n) is 8.24. The van der Waals surface area contributed by atoms with Crippen molar-refractivity contribution in [3.05, 3.63) is 39.4 Å². The van der Waals surface area contributed by atoms with Crippen molar-refractivity contribution in [1.29, 1.82) is 0 Å². The number of benzene rings is 1. The minimum Gasteiger partial charge on any atom is -0.333 e. The van der Waals surface area contributed by atoms with Crippen LogP contribution in [0, 0.1) is 5.92 Å². The fraction of sp³-hybridized carbons (Fsp3) is 0.500. The molecular weight excluding hydrogens is 326 g/mol. The van der Waals surface area contributed by atoms with Crippen LogP contribution in [0.1, 0.15) is 46.0 Å². The van der Waals surface area contributed by atoms with Crippen molar-refractivity contribution in [3.8, 4) is 0 Å². The molecule has 6 heteroatoms. The number of amides is 1. The number of carbonyl (C=O) groups excluding carboxylic acids is 1. The third-order valence-corrected chi connectivity index (χ3v) is 4.39. The Bertz CT molecular complexity index is 814. The fourth-order valence-corrected chi connectivity index (χ4v) is 3.01. The van der Waals surface area contributed by atoms with Crippen LogP contribution in [-0.4, -0.2) is 26.9 Å². The van der Waals surface area contributed by atoms with Gasteiger partial charge in [-0.15, -0.1) is 0 Å². The highest BCUT2D eigenvalue weighted by atomic mass is 35.5. The molecule has 0 aliphatic heterocycles. The zero-order valence-corrected chi connectivity index (χ0v) is 15.6. The first kappa shape index (κ1) is 18.5. The van der Waals surface area contributed by atoms with Gasteiger partial charge in [-0.25, -0.2) is 4.98 Å². The summed E-state index contributed by atoms with van der Waals surface area (Å²) in [4.78, 5) is 31.6. The molecule has 0 radical (unpaired) electrons. The Balaban J connectivity index is 2.57. The van der Waals surface area contributed by atoms with Crippen molar-refractivity contribution in [2.75, 3.05) is 6.54 Å². The summed E-state index contributed by atoms with van der Waals surface area (Å²) < 4.78 is 1.51. The van der Waals surface area contributed by atoms with Gasteiger partial charge in [0.15, 0.2) is 0 Å². The molecule has 2 aromatic rings. The molecule has 0 saturated heterocycles. The maximum absolute atomic E-state index is 12.7. The van der Waals surface area contributed by atoms with Crippen LogP contribution in [0.2, 0.25) is 5.02 Å². The minimum atomic E-state index is -0.280. The van der Waals surface area contributed by atoms with Crippen molar-refractivity contribution in [1.82, 2.24) is 14.5 Å². The van der Waals surface area contributed by atoms with Crippen molar-refractivity contribution in [2.45, 2.75) is 40.2 Å². The van der Waals surface area contributed by atoms with Gasteiger partial charge < -0.3 is 4.90 Å². The molecule has 0 fully saturated rings. The standard InChI is InChI=1S/C18H24ClN3O2/c1-6-9-22(17(23)11(2)3)12(4)16-20-15-8-7-13(19)10-14(15)18(24)21(16)5/h7-8,10-12H,6,9H2,1-5H3. The van der Waals surface area contributed by atoms with Crippen molar-refractivity contribution < 1.29 is 4.79 Å². The Morgan fingerprint density at radius 2 is 2.00 bits per heavy atom. The van der Waals surface area contributed by atoms with Crippen LogP contribution in [0.15, 0.2) is 23.0 Å². The van der Waals surface area contributed by atoms with Crippen LogP contribution in [0.3, 0.4) is 0 Å². The van der Waals surface area contributed by atoms with Crippen LogP contribution in [0.25, 0.3) is 10.9 Å². The van der Waals surface area contributed by atoms with E-state index in [9.17, 15) is 9.59 Å². The Labute approximate surface area is 147 Å². The van der Waals surface area contributed by atoms with E-state index in [1.165, 1.54) is 4.57 Å². The first-order chi connectivity index (χ1) is 11.3. The lowest BCUT2D eigenvalue weighted by Crippen LogP contribution is -2.39. The molecule has 5 nitrogen and oxygen atoms in total. The lowest BCUT2D eigenvalue weighted by atomic mass is 10.1. The molecule has 1 amide bonds. The van der Waals surface area contributed by atoms with Crippen molar-refractivity contribution in [3.63, 3.8) is 0 Å². The summed E-state index contributed by atoms with van der Waals surface area (Å²) in [7, 11) is 1.69. The highest BCUT2D eigenvalue weighted by Gasteiger charge is 2.26. The molecule has 2 rings (SSSR count). The third-order valence-electron chi connectivity index (χ3n) is 4.15. The number of rotatable bonds is 5. The molecule has 1 heterocycles. The molecule has 0 N–H and O–H groups in total. The van der Waals surface area contributed by atoms with Gasteiger partial charge in [-0.2, -0.15) is 0 Å². The summed E-state index contributed by atoms with van der Waals surface area (Å²) in [6.07, 6.45) is 0.847. The summed E-state index contributed by atoms with van der Waals surface area (Å²) in [5, 5.41) is 0.989. The van der Waals surface area contributed by atoms with E-state index in [-0.39, 0.29) is 23.4 Å². The van der Waals surface area contributed by atoms with Crippen molar-refractivity contribution in [2.24, 2.45) is 13.0 Å².